The molecule has 2 aromatic heterocycles. The number of aromatic nitrogens is 2. The molecule has 0 spiro atoms. The molecular formula is C31H31N3O2. The van der Waals surface area contributed by atoms with E-state index in [1.54, 1.807) is 31.7 Å². The Kier molecular flexibility index (Phi) is 8.60. The molecule has 0 bridgehead atoms. The van der Waals surface area contributed by atoms with Crippen molar-refractivity contribution < 1.29 is 9.53 Å². The summed E-state index contributed by atoms with van der Waals surface area (Å²) in [7, 11) is 1.67. The van der Waals surface area contributed by atoms with Crippen molar-refractivity contribution in [2.24, 2.45) is 0 Å². The molecule has 0 saturated heterocycles. The standard InChI is InChI=1S/C31H31N3O2/c1-23(7-3-8-24-9-5-17-32-21-24)34-31(35)12-4-11-30(28-10-6-18-33-22-28)27-14-13-26-20-29(36-2)16-15-25(26)19-27/h4-6,9-23H,3,7-8H2,1-2H3,(H,34,35)/t23-/m1/s1. The number of rotatable bonds is 10. The number of hydrogen-bond acceptors (Lipinski definition) is 4. The molecule has 182 valence electrons. The van der Waals surface area contributed by atoms with Crippen molar-refractivity contribution in [3.8, 4) is 5.75 Å². The van der Waals surface area contributed by atoms with Crippen molar-refractivity contribution in [1.29, 1.82) is 0 Å². The van der Waals surface area contributed by atoms with Crippen molar-refractivity contribution in [3.63, 3.8) is 0 Å². The topological polar surface area (TPSA) is 64.1 Å². The summed E-state index contributed by atoms with van der Waals surface area (Å²) in [6, 6.07) is 20.4. The van der Waals surface area contributed by atoms with Crippen molar-refractivity contribution in [2.45, 2.75) is 32.2 Å². The molecular weight excluding hydrogens is 446 g/mol. The number of amides is 1. The molecule has 4 aromatic rings. The molecule has 0 aliphatic rings. The number of fused-ring (bicyclic) bond motifs is 1. The van der Waals surface area contributed by atoms with Gasteiger partial charge in [-0.2, -0.15) is 0 Å². The van der Waals surface area contributed by atoms with Gasteiger partial charge >= 0.3 is 0 Å². The first-order chi connectivity index (χ1) is 17.6. The van der Waals surface area contributed by atoms with Crippen LogP contribution < -0.4 is 10.1 Å². The van der Waals surface area contributed by atoms with Gasteiger partial charge in [-0.05, 0) is 84.0 Å². The van der Waals surface area contributed by atoms with Crippen LogP contribution in [0.15, 0.2) is 104 Å². The highest BCUT2D eigenvalue weighted by atomic mass is 16.5. The minimum absolute atomic E-state index is 0.0954. The maximum absolute atomic E-state index is 12.5. The molecule has 0 radical (unpaired) electrons. The van der Waals surface area contributed by atoms with Crippen LogP contribution in [0, 0.1) is 0 Å². The van der Waals surface area contributed by atoms with E-state index in [9.17, 15) is 4.79 Å². The van der Waals surface area contributed by atoms with Crippen LogP contribution in [0.4, 0.5) is 0 Å². The van der Waals surface area contributed by atoms with Gasteiger partial charge in [-0.1, -0.05) is 42.5 Å². The highest BCUT2D eigenvalue weighted by Crippen LogP contribution is 2.28. The van der Waals surface area contributed by atoms with Gasteiger partial charge < -0.3 is 10.1 Å². The number of ether oxygens (including phenoxy) is 1. The summed E-state index contributed by atoms with van der Waals surface area (Å²) in [4.78, 5) is 21.0. The van der Waals surface area contributed by atoms with Gasteiger partial charge in [-0.15, -0.1) is 0 Å². The number of aryl methyl sites for hydroxylation is 1. The van der Waals surface area contributed by atoms with Gasteiger partial charge in [-0.3, -0.25) is 14.8 Å². The molecule has 36 heavy (non-hydrogen) atoms. The summed E-state index contributed by atoms with van der Waals surface area (Å²) in [6.07, 6.45) is 15.5. The smallest absolute Gasteiger partial charge is 0.244 e. The van der Waals surface area contributed by atoms with Gasteiger partial charge in [0.2, 0.25) is 5.91 Å². The van der Waals surface area contributed by atoms with E-state index in [-0.39, 0.29) is 11.9 Å². The molecule has 1 N–H and O–H groups in total. The van der Waals surface area contributed by atoms with E-state index in [1.807, 2.05) is 55.7 Å². The van der Waals surface area contributed by atoms with Crippen molar-refractivity contribution >= 4 is 22.3 Å². The molecule has 0 unspecified atom stereocenters. The van der Waals surface area contributed by atoms with Gasteiger partial charge in [0.05, 0.1) is 7.11 Å². The van der Waals surface area contributed by atoms with Crippen molar-refractivity contribution in [2.75, 3.05) is 7.11 Å². The van der Waals surface area contributed by atoms with E-state index in [0.29, 0.717) is 0 Å². The molecule has 4 rings (SSSR count). The average molecular weight is 478 g/mol. The summed E-state index contributed by atoms with van der Waals surface area (Å²) in [5.41, 5.74) is 4.25. The third-order valence-corrected chi connectivity index (χ3v) is 6.06. The first kappa shape index (κ1) is 24.9. The van der Waals surface area contributed by atoms with Crippen LogP contribution in [0.25, 0.3) is 16.3 Å². The van der Waals surface area contributed by atoms with Crippen LogP contribution in [-0.4, -0.2) is 29.0 Å². The number of allylic oxidation sites excluding steroid dienone is 2. The molecule has 0 saturated carbocycles. The third kappa shape index (κ3) is 6.89. The normalized spacial score (nSPS) is 12.6. The van der Waals surface area contributed by atoms with Crippen LogP contribution in [-0.2, 0) is 11.2 Å². The predicted octanol–water partition coefficient (Wildman–Crippen LogP) is 6.15. The lowest BCUT2D eigenvalue weighted by Gasteiger charge is -2.12. The quantitative estimate of drug-likeness (QED) is 0.220. The number of nitrogens with one attached hydrogen (secondary N) is 1. The van der Waals surface area contributed by atoms with Crippen LogP contribution in [0.3, 0.4) is 0 Å². The molecule has 0 aliphatic heterocycles. The zero-order chi connectivity index (χ0) is 25.2. The Labute approximate surface area is 212 Å². The summed E-state index contributed by atoms with van der Waals surface area (Å²) in [5, 5.41) is 5.28. The zero-order valence-corrected chi connectivity index (χ0v) is 20.7. The molecule has 0 fully saturated rings. The molecule has 1 atom stereocenters. The maximum atomic E-state index is 12.5. The fourth-order valence-corrected chi connectivity index (χ4v) is 4.15. The summed E-state index contributed by atoms with van der Waals surface area (Å²) >= 11 is 0. The average Bonchev–Trinajstić information content (AvgIpc) is 2.91. The van der Waals surface area contributed by atoms with Crippen LogP contribution in [0.1, 0.15) is 36.5 Å². The lowest BCUT2D eigenvalue weighted by molar-refractivity contribution is -0.117. The first-order valence-corrected chi connectivity index (χ1v) is 12.2. The number of carbonyl (C=O) groups excluding carboxylic acids is 1. The van der Waals surface area contributed by atoms with Crippen molar-refractivity contribution in [1.82, 2.24) is 15.3 Å². The molecule has 5 nitrogen and oxygen atoms in total. The Morgan fingerprint density at radius 3 is 2.50 bits per heavy atom. The van der Waals surface area contributed by atoms with E-state index in [1.165, 1.54) is 5.56 Å². The Hall–Kier alpha value is -4.25. The number of carbonyl (C=O) groups is 1. The maximum Gasteiger partial charge on any atom is 0.244 e. The highest BCUT2D eigenvalue weighted by molar-refractivity contribution is 5.92. The van der Waals surface area contributed by atoms with E-state index in [0.717, 1.165) is 52.5 Å². The van der Waals surface area contributed by atoms with Gasteiger partial charge in [0.1, 0.15) is 5.75 Å². The number of nitrogens with zero attached hydrogens (tertiary/aromatic N) is 2. The fraction of sp³-hybridized carbons (Fsp3) is 0.194. The van der Waals surface area contributed by atoms with Crippen LogP contribution in [0.2, 0.25) is 0 Å². The Morgan fingerprint density at radius 1 is 0.972 bits per heavy atom. The minimum Gasteiger partial charge on any atom is -0.497 e. The summed E-state index contributed by atoms with van der Waals surface area (Å²) < 4.78 is 5.34. The predicted molar refractivity (Wildman–Crippen MR) is 146 cm³/mol. The Bertz CT molecular complexity index is 1350. The van der Waals surface area contributed by atoms with E-state index in [2.05, 4.69) is 45.6 Å². The summed E-state index contributed by atoms with van der Waals surface area (Å²) in [6.45, 7) is 2.04. The fourth-order valence-electron chi connectivity index (χ4n) is 4.15. The number of hydrogen-bond donors (Lipinski definition) is 1. The molecule has 2 heterocycles. The lowest BCUT2D eigenvalue weighted by Crippen LogP contribution is -2.31. The number of benzene rings is 2. The largest absolute Gasteiger partial charge is 0.497 e. The van der Waals surface area contributed by atoms with Gasteiger partial charge in [0.15, 0.2) is 0 Å². The second kappa shape index (κ2) is 12.5. The molecule has 0 aliphatic carbocycles. The minimum atomic E-state index is -0.101. The summed E-state index contributed by atoms with van der Waals surface area (Å²) in [5.74, 6) is 0.731. The lowest BCUT2D eigenvalue weighted by atomic mass is 9.96. The molecule has 1 amide bonds. The highest BCUT2D eigenvalue weighted by Gasteiger charge is 2.08. The second-order valence-corrected chi connectivity index (χ2v) is 8.77. The van der Waals surface area contributed by atoms with Crippen molar-refractivity contribution in [3.05, 3.63) is 120 Å². The first-order valence-electron chi connectivity index (χ1n) is 12.2. The third-order valence-electron chi connectivity index (χ3n) is 6.06. The Balaban J connectivity index is 1.44. The number of methoxy groups -OCH3 is 1. The number of pyridine rings is 2. The zero-order valence-electron chi connectivity index (χ0n) is 20.7. The molecule has 2 aromatic carbocycles. The van der Waals surface area contributed by atoms with E-state index in [4.69, 9.17) is 4.74 Å². The SMILES string of the molecule is COc1ccc2cc(C(=CC=CC(=O)N[C@H](C)CCCc3cccnc3)c3cccnc3)ccc2c1. The van der Waals surface area contributed by atoms with Gasteiger partial charge in [-0.25, -0.2) is 0 Å². The van der Waals surface area contributed by atoms with E-state index >= 15 is 0 Å². The van der Waals surface area contributed by atoms with E-state index < -0.39 is 0 Å². The van der Waals surface area contributed by atoms with Gasteiger partial charge in [0.25, 0.3) is 0 Å². The Morgan fingerprint density at radius 2 is 1.75 bits per heavy atom. The molecule has 5 heteroatoms. The second-order valence-electron chi connectivity index (χ2n) is 8.77. The van der Waals surface area contributed by atoms with Crippen LogP contribution >= 0.6 is 0 Å². The van der Waals surface area contributed by atoms with Gasteiger partial charge in [0, 0.05) is 42.5 Å². The monoisotopic (exact) mass is 477 g/mol. The van der Waals surface area contributed by atoms with Crippen LogP contribution in [0.5, 0.6) is 5.75 Å².